The van der Waals surface area contributed by atoms with Gasteiger partial charge in [-0.25, -0.2) is 0 Å². The molecule has 1 amide bonds. The molecule has 1 heterocycles. The summed E-state index contributed by atoms with van der Waals surface area (Å²) < 4.78 is 5.03. The van der Waals surface area contributed by atoms with E-state index in [1.54, 1.807) is 45.2 Å². The molecule has 0 bridgehead atoms. The van der Waals surface area contributed by atoms with Crippen molar-refractivity contribution >= 4 is 11.6 Å². The number of hydrogen-bond acceptors (Lipinski definition) is 4. The molecule has 0 fully saturated rings. The molecule has 2 rings (SSSR count). The lowest BCUT2D eigenvalue weighted by Crippen LogP contribution is -2.43. The van der Waals surface area contributed by atoms with E-state index in [9.17, 15) is 9.90 Å². The van der Waals surface area contributed by atoms with Gasteiger partial charge in [0.1, 0.15) is 5.75 Å². The van der Waals surface area contributed by atoms with Crippen molar-refractivity contribution in [2.75, 3.05) is 7.11 Å². The molecule has 5 heteroatoms. The number of aliphatic hydroxyl groups is 1. The summed E-state index contributed by atoms with van der Waals surface area (Å²) in [6.07, 6.45) is 0.370. The highest BCUT2D eigenvalue weighted by atomic mass is 16.5. The third-order valence-electron chi connectivity index (χ3n) is 2.85. The third kappa shape index (κ3) is 2.22. The van der Waals surface area contributed by atoms with Crippen molar-refractivity contribution in [2.45, 2.75) is 26.0 Å². The molecule has 1 N–H and O–H groups in total. The molecule has 0 aliphatic carbocycles. The Morgan fingerprint density at radius 3 is 2.50 bits per heavy atom. The Morgan fingerprint density at radius 2 is 2.06 bits per heavy atom. The molecule has 0 saturated heterocycles. The van der Waals surface area contributed by atoms with Crippen molar-refractivity contribution in [3.8, 4) is 5.75 Å². The summed E-state index contributed by atoms with van der Waals surface area (Å²) in [5.41, 5.74) is -0.0439. The smallest absolute Gasteiger partial charge is 0.276 e. The molecule has 1 aliphatic heterocycles. The lowest BCUT2D eigenvalue weighted by molar-refractivity contribution is -0.0553. The van der Waals surface area contributed by atoms with Gasteiger partial charge in [0.2, 0.25) is 0 Å². The summed E-state index contributed by atoms with van der Waals surface area (Å²) >= 11 is 0. The van der Waals surface area contributed by atoms with Gasteiger partial charge in [-0.2, -0.15) is 10.1 Å². The van der Waals surface area contributed by atoms with Gasteiger partial charge in [-0.3, -0.25) is 4.79 Å². The number of carbonyl (C=O) groups is 1. The topological polar surface area (TPSA) is 62.1 Å². The Kier molecular flexibility index (Phi) is 3.09. The summed E-state index contributed by atoms with van der Waals surface area (Å²) in [6, 6.07) is 6.71. The van der Waals surface area contributed by atoms with Crippen LogP contribution in [0.2, 0.25) is 0 Å². The van der Waals surface area contributed by atoms with E-state index in [1.165, 1.54) is 0 Å². The van der Waals surface area contributed by atoms with Crippen molar-refractivity contribution in [1.82, 2.24) is 5.01 Å². The van der Waals surface area contributed by atoms with Crippen molar-refractivity contribution in [3.05, 3.63) is 29.8 Å². The molecule has 5 nitrogen and oxygen atoms in total. The minimum Gasteiger partial charge on any atom is -0.497 e. The first-order chi connectivity index (χ1) is 8.44. The zero-order chi connectivity index (χ0) is 13.3. The molecule has 0 unspecified atom stereocenters. The molecular weight excluding hydrogens is 232 g/mol. The summed E-state index contributed by atoms with van der Waals surface area (Å²) in [6.45, 7) is 3.37. The van der Waals surface area contributed by atoms with E-state index in [-0.39, 0.29) is 5.91 Å². The molecule has 1 aliphatic rings. The van der Waals surface area contributed by atoms with Gasteiger partial charge < -0.3 is 9.84 Å². The normalized spacial score (nSPS) is 22.9. The number of methoxy groups -OCH3 is 1. The van der Waals surface area contributed by atoms with Crippen molar-refractivity contribution in [1.29, 1.82) is 0 Å². The van der Waals surface area contributed by atoms with Crippen LogP contribution in [0.3, 0.4) is 0 Å². The summed E-state index contributed by atoms with van der Waals surface area (Å²) in [7, 11) is 1.57. The number of hydrazone groups is 1. The Balaban J connectivity index is 2.25. The van der Waals surface area contributed by atoms with Crippen LogP contribution in [0.15, 0.2) is 29.4 Å². The van der Waals surface area contributed by atoms with E-state index < -0.39 is 5.72 Å². The van der Waals surface area contributed by atoms with Gasteiger partial charge >= 0.3 is 0 Å². The van der Waals surface area contributed by atoms with Crippen LogP contribution in [0, 0.1) is 0 Å². The van der Waals surface area contributed by atoms with Crippen LogP contribution < -0.4 is 4.74 Å². The first-order valence-corrected chi connectivity index (χ1v) is 5.69. The lowest BCUT2D eigenvalue weighted by atomic mass is 10.1. The van der Waals surface area contributed by atoms with Gasteiger partial charge in [0.15, 0.2) is 5.72 Å². The van der Waals surface area contributed by atoms with Crippen LogP contribution in [0.1, 0.15) is 30.6 Å². The van der Waals surface area contributed by atoms with E-state index in [0.29, 0.717) is 17.7 Å². The van der Waals surface area contributed by atoms with Crippen LogP contribution in [0.5, 0.6) is 5.75 Å². The Labute approximate surface area is 106 Å². The highest BCUT2D eigenvalue weighted by molar-refractivity contribution is 5.97. The number of nitrogens with zero attached hydrogens (tertiary/aromatic N) is 2. The van der Waals surface area contributed by atoms with E-state index in [2.05, 4.69) is 5.10 Å². The molecule has 0 saturated carbocycles. The first kappa shape index (κ1) is 12.6. The van der Waals surface area contributed by atoms with Gasteiger partial charge in [-0.15, -0.1) is 0 Å². The number of hydrogen-bond donors (Lipinski definition) is 1. The lowest BCUT2D eigenvalue weighted by Gasteiger charge is -2.26. The second-order valence-electron chi connectivity index (χ2n) is 4.57. The molecule has 0 aromatic heterocycles. The highest BCUT2D eigenvalue weighted by Gasteiger charge is 2.39. The van der Waals surface area contributed by atoms with Crippen LogP contribution in [0.4, 0.5) is 0 Å². The molecule has 96 valence electrons. The predicted octanol–water partition coefficient (Wildman–Crippen LogP) is 1.63. The van der Waals surface area contributed by atoms with E-state index >= 15 is 0 Å². The Bertz CT molecular complexity index is 491. The number of rotatable bonds is 2. The van der Waals surface area contributed by atoms with Gasteiger partial charge in [0, 0.05) is 17.7 Å². The van der Waals surface area contributed by atoms with E-state index in [0.717, 1.165) is 10.7 Å². The van der Waals surface area contributed by atoms with E-state index in [4.69, 9.17) is 4.74 Å². The zero-order valence-electron chi connectivity index (χ0n) is 10.7. The standard InChI is InChI=1S/C13H16N2O3/c1-9-8-13(2,17)15(14-9)12(16)10-4-6-11(18-3)7-5-10/h4-7,17H,8H2,1-3H3/t13-/m0/s1. The minimum atomic E-state index is -1.25. The quantitative estimate of drug-likeness (QED) is 0.865. The molecule has 0 radical (unpaired) electrons. The van der Waals surface area contributed by atoms with Crippen molar-refractivity contribution in [2.24, 2.45) is 5.10 Å². The predicted molar refractivity (Wildman–Crippen MR) is 67.5 cm³/mol. The number of ether oxygens (including phenoxy) is 1. The first-order valence-electron chi connectivity index (χ1n) is 5.69. The Morgan fingerprint density at radius 1 is 1.44 bits per heavy atom. The third-order valence-corrected chi connectivity index (χ3v) is 2.85. The highest BCUT2D eigenvalue weighted by Crippen LogP contribution is 2.26. The summed E-state index contributed by atoms with van der Waals surface area (Å²) in [4.78, 5) is 12.2. The SMILES string of the molecule is COc1ccc(C(=O)N2N=C(C)C[C@]2(C)O)cc1. The van der Waals surface area contributed by atoms with Crippen molar-refractivity contribution < 1.29 is 14.6 Å². The molecular formula is C13H16N2O3. The second kappa shape index (κ2) is 4.42. The van der Waals surface area contributed by atoms with Crippen LogP contribution >= 0.6 is 0 Å². The summed E-state index contributed by atoms with van der Waals surface area (Å²) in [5, 5.41) is 15.3. The number of benzene rings is 1. The fourth-order valence-electron chi connectivity index (χ4n) is 1.99. The second-order valence-corrected chi connectivity index (χ2v) is 4.57. The zero-order valence-corrected chi connectivity index (χ0v) is 10.7. The number of amides is 1. The number of carbonyl (C=O) groups excluding carboxylic acids is 1. The maximum atomic E-state index is 12.2. The maximum Gasteiger partial charge on any atom is 0.276 e. The van der Waals surface area contributed by atoms with Gasteiger partial charge in [0.25, 0.3) is 5.91 Å². The molecule has 0 spiro atoms. The summed E-state index contributed by atoms with van der Waals surface area (Å²) in [5.74, 6) is 0.360. The van der Waals surface area contributed by atoms with Crippen LogP contribution in [0.25, 0.3) is 0 Å². The van der Waals surface area contributed by atoms with Crippen LogP contribution in [-0.2, 0) is 0 Å². The molecule has 1 atom stereocenters. The Hall–Kier alpha value is -1.88. The van der Waals surface area contributed by atoms with Crippen molar-refractivity contribution in [3.63, 3.8) is 0 Å². The monoisotopic (exact) mass is 248 g/mol. The van der Waals surface area contributed by atoms with E-state index in [1.807, 2.05) is 0 Å². The average Bonchev–Trinajstić information content (AvgIpc) is 2.61. The molecule has 1 aromatic rings. The van der Waals surface area contributed by atoms with Gasteiger partial charge in [-0.1, -0.05) is 0 Å². The minimum absolute atomic E-state index is 0.320. The molecule has 1 aromatic carbocycles. The maximum absolute atomic E-state index is 12.2. The van der Waals surface area contributed by atoms with Crippen LogP contribution in [-0.4, -0.2) is 34.6 Å². The largest absolute Gasteiger partial charge is 0.497 e. The van der Waals surface area contributed by atoms with Gasteiger partial charge in [-0.05, 0) is 38.1 Å². The molecule has 18 heavy (non-hydrogen) atoms. The fraction of sp³-hybridized carbons (Fsp3) is 0.385. The van der Waals surface area contributed by atoms with Gasteiger partial charge in [0.05, 0.1) is 7.11 Å². The fourth-order valence-corrected chi connectivity index (χ4v) is 1.99. The average molecular weight is 248 g/mol.